The molecule has 1 aliphatic carbocycles. The van der Waals surface area contributed by atoms with Crippen LogP contribution in [0.15, 0.2) is 133 Å². The predicted octanol–water partition coefficient (Wildman–Crippen LogP) is 11.1. The largest absolute Gasteiger partial charge is 0.507 e. The average molecular weight is 626 g/mol. The second kappa shape index (κ2) is 11.3. The van der Waals surface area contributed by atoms with Crippen LogP contribution in [0.5, 0.6) is 5.75 Å². The summed E-state index contributed by atoms with van der Waals surface area (Å²) in [7, 11) is 0. The van der Waals surface area contributed by atoms with E-state index in [2.05, 4.69) is 123 Å². The van der Waals surface area contributed by atoms with Crippen LogP contribution in [0.2, 0.25) is 0 Å². The normalized spacial score (nSPS) is 14.9. The summed E-state index contributed by atoms with van der Waals surface area (Å²) >= 11 is 0. The van der Waals surface area contributed by atoms with E-state index in [1.165, 1.54) is 22.3 Å². The van der Waals surface area contributed by atoms with Crippen molar-refractivity contribution in [1.82, 2.24) is 14.5 Å². The van der Waals surface area contributed by atoms with Crippen molar-refractivity contribution in [1.29, 1.82) is 0 Å². The molecule has 0 unspecified atom stereocenters. The Kier molecular flexibility index (Phi) is 7.06. The summed E-state index contributed by atoms with van der Waals surface area (Å²) in [6.07, 6.45) is 2.30. The van der Waals surface area contributed by atoms with E-state index in [1.807, 2.05) is 36.4 Å². The highest BCUT2D eigenvalue weighted by Crippen LogP contribution is 2.49. The average Bonchev–Trinajstić information content (AvgIpc) is 3.50. The third-order valence-electron chi connectivity index (χ3n) is 10.2. The molecular formula is C44H39N3O. The first-order valence-electron chi connectivity index (χ1n) is 16.8. The van der Waals surface area contributed by atoms with Crippen molar-refractivity contribution in [2.75, 3.05) is 0 Å². The Hall–Kier alpha value is -5.48. The van der Waals surface area contributed by atoms with Gasteiger partial charge >= 0.3 is 0 Å². The zero-order valence-electron chi connectivity index (χ0n) is 27.9. The number of para-hydroxylation sites is 3. The molecule has 0 aliphatic heterocycles. The number of pyridine rings is 1. The summed E-state index contributed by atoms with van der Waals surface area (Å²) in [5.41, 5.74) is 12.8. The van der Waals surface area contributed by atoms with Crippen LogP contribution >= 0.6 is 0 Å². The van der Waals surface area contributed by atoms with Crippen LogP contribution in [0.1, 0.15) is 51.7 Å². The molecular weight excluding hydrogens is 587 g/mol. The van der Waals surface area contributed by atoms with Crippen molar-refractivity contribution in [3.8, 4) is 56.5 Å². The van der Waals surface area contributed by atoms with Gasteiger partial charge < -0.3 is 5.11 Å². The van der Waals surface area contributed by atoms with Crippen molar-refractivity contribution < 1.29 is 5.11 Å². The fourth-order valence-corrected chi connectivity index (χ4v) is 7.35. The molecule has 5 aromatic carbocycles. The van der Waals surface area contributed by atoms with Gasteiger partial charge in [-0.25, -0.2) is 9.97 Å². The Bertz CT molecular complexity index is 2310. The van der Waals surface area contributed by atoms with Crippen LogP contribution in [-0.4, -0.2) is 19.6 Å². The summed E-state index contributed by atoms with van der Waals surface area (Å²) in [6.45, 7) is 9.56. The molecule has 48 heavy (non-hydrogen) atoms. The lowest BCUT2D eigenvalue weighted by Crippen LogP contribution is -2.34. The minimum absolute atomic E-state index is 0.0508. The topological polar surface area (TPSA) is 50.9 Å². The van der Waals surface area contributed by atoms with Gasteiger partial charge in [-0.05, 0) is 95.0 Å². The van der Waals surface area contributed by atoms with Gasteiger partial charge in [-0.2, -0.15) is 0 Å². The van der Waals surface area contributed by atoms with Crippen LogP contribution in [-0.2, 0) is 10.8 Å². The van der Waals surface area contributed by atoms with Gasteiger partial charge in [-0.3, -0.25) is 4.57 Å². The maximum Gasteiger partial charge on any atom is 0.145 e. The molecule has 0 fully saturated rings. The second-order valence-electron chi connectivity index (χ2n) is 14.3. The third kappa shape index (κ3) is 5.09. The van der Waals surface area contributed by atoms with E-state index in [9.17, 15) is 5.11 Å². The van der Waals surface area contributed by atoms with E-state index in [0.717, 1.165) is 57.9 Å². The molecule has 0 atom stereocenters. The highest BCUT2D eigenvalue weighted by molar-refractivity contribution is 5.88. The molecule has 4 nitrogen and oxygen atoms in total. The Labute approximate surface area is 282 Å². The summed E-state index contributed by atoms with van der Waals surface area (Å²) in [5, 5.41) is 10.5. The van der Waals surface area contributed by atoms with Crippen molar-refractivity contribution in [3.63, 3.8) is 0 Å². The first-order chi connectivity index (χ1) is 23.2. The molecule has 0 amide bonds. The molecule has 2 aromatic heterocycles. The van der Waals surface area contributed by atoms with Crippen LogP contribution in [0.3, 0.4) is 0 Å². The van der Waals surface area contributed by atoms with E-state index in [1.54, 1.807) is 6.07 Å². The van der Waals surface area contributed by atoms with Gasteiger partial charge in [0.05, 0.1) is 28.1 Å². The smallest absolute Gasteiger partial charge is 0.145 e. The highest BCUT2D eigenvalue weighted by atomic mass is 16.3. The van der Waals surface area contributed by atoms with E-state index in [-0.39, 0.29) is 16.6 Å². The van der Waals surface area contributed by atoms with Crippen molar-refractivity contribution in [2.45, 2.75) is 51.4 Å². The number of phenolic OH excluding ortho intramolecular Hbond substituents is 1. The monoisotopic (exact) mass is 625 g/mol. The lowest BCUT2D eigenvalue weighted by Gasteiger charge is -2.42. The van der Waals surface area contributed by atoms with Gasteiger partial charge in [0, 0.05) is 22.3 Å². The van der Waals surface area contributed by atoms with E-state index in [4.69, 9.17) is 9.97 Å². The summed E-state index contributed by atoms with van der Waals surface area (Å²) in [4.78, 5) is 10.3. The zero-order chi connectivity index (χ0) is 33.0. The number of benzene rings is 5. The standard InChI is InChI=1S/C44H39N3O/c1-43(2)24-25-44(3,4)35-28-40(33(27-34(35)43)29-14-6-5-7-15-29)47-39-22-10-9-19-38(39)46-42(47)31-17-12-16-30(26-31)36-20-13-21-37(45-36)32-18-8-11-23-41(32)48/h5-23,26-28,48H,24-25H2,1-4H3. The van der Waals surface area contributed by atoms with Crippen LogP contribution in [0.4, 0.5) is 0 Å². The predicted molar refractivity (Wildman–Crippen MR) is 198 cm³/mol. The number of phenols is 1. The maximum absolute atomic E-state index is 10.5. The lowest BCUT2D eigenvalue weighted by molar-refractivity contribution is 0.332. The number of fused-ring (bicyclic) bond motifs is 2. The van der Waals surface area contributed by atoms with Gasteiger partial charge in [0.15, 0.2) is 0 Å². The first kappa shape index (κ1) is 29.9. The van der Waals surface area contributed by atoms with Gasteiger partial charge in [-0.1, -0.05) is 107 Å². The molecule has 1 N–H and O–H groups in total. The highest BCUT2D eigenvalue weighted by Gasteiger charge is 2.38. The number of hydrogen-bond acceptors (Lipinski definition) is 3. The van der Waals surface area contributed by atoms with E-state index in [0.29, 0.717) is 5.56 Å². The summed E-state index contributed by atoms with van der Waals surface area (Å²) < 4.78 is 2.36. The first-order valence-corrected chi connectivity index (χ1v) is 16.8. The lowest BCUT2D eigenvalue weighted by atomic mass is 9.62. The zero-order valence-corrected chi connectivity index (χ0v) is 27.9. The fraction of sp³-hybridized carbons (Fsp3) is 0.182. The Morgan fingerprint density at radius 2 is 1.17 bits per heavy atom. The molecule has 2 heterocycles. The Morgan fingerprint density at radius 3 is 1.96 bits per heavy atom. The van der Waals surface area contributed by atoms with Gasteiger partial charge in [-0.15, -0.1) is 0 Å². The Balaban J connectivity index is 1.36. The molecule has 0 saturated heterocycles. The number of aromatic nitrogens is 3. The SMILES string of the molecule is CC1(C)CCC(C)(C)c2cc(-n3c(-c4cccc(-c5cccc(-c6ccccc6O)n5)c4)nc4ccccc43)c(-c3ccccc3)cc21. The molecule has 8 rings (SSSR count). The minimum atomic E-state index is 0.0508. The van der Waals surface area contributed by atoms with Crippen LogP contribution in [0, 0.1) is 0 Å². The maximum atomic E-state index is 10.5. The number of rotatable bonds is 5. The number of hydrogen-bond donors (Lipinski definition) is 1. The van der Waals surface area contributed by atoms with Crippen molar-refractivity contribution in [2.24, 2.45) is 0 Å². The van der Waals surface area contributed by atoms with Gasteiger partial charge in [0.2, 0.25) is 0 Å². The molecule has 4 heteroatoms. The second-order valence-corrected chi connectivity index (χ2v) is 14.3. The molecule has 236 valence electrons. The quantitative estimate of drug-likeness (QED) is 0.207. The molecule has 0 spiro atoms. The van der Waals surface area contributed by atoms with E-state index < -0.39 is 0 Å². The van der Waals surface area contributed by atoms with Gasteiger partial charge in [0.1, 0.15) is 11.6 Å². The molecule has 0 saturated carbocycles. The van der Waals surface area contributed by atoms with Crippen LogP contribution in [0.25, 0.3) is 61.8 Å². The third-order valence-corrected chi connectivity index (χ3v) is 10.2. The number of imidazole rings is 1. The minimum Gasteiger partial charge on any atom is -0.507 e. The molecule has 7 aromatic rings. The number of nitrogens with zero attached hydrogens (tertiary/aromatic N) is 3. The summed E-state index contributed by atoms with van der Waals surface area (Å²) in [5.74, 6) is 1.11. The van der Waals surface area contributed by atoms with Crippen LogP contribution < -0.4 is 0 Å². The van der Waals surface area contributed by atoms with E-state index >= 15 is 0 Å². The molecule has 1 aliphatic rings. The molecule has 0 bridgehead atoms. The number of aromatic hydroxyl groups is 1. The Morgan fingerprint density at radius 1 is 0.542 bits per heavy atom. The van der Waals surface area contributed by atoms with Crippen molar-refractivity contribution in [3.05, 3.63) is 145 Å². The summed E-state index contributed by atoms with van der Waals surface area (Å²) in [6, 6.07) is 45.9. The molecule has 0 radical (unpaired) electrons. The van der Waals surface area contributed by atoms with Crippen molar-refractivity contribution >= 4 is 11.0 Å². The fourth-order valence-electron chi connectivity index (χ4n) is 7.35. The van der Waals surface area contributed by atoms with Gasteiger partial charge in [0.25, 0.3) is 0 Å².